The van der Waals surface area contributed by atoms with Crippen molar-refractivity contribution < 1.29 is 45.8 Å². The molecule has 0 bridgehead atoms. The van der Waals surface area contributed by atoms with E-state index in [1.165, 1.54) is 0 Å². The van der Waals surface area contributed by atoms with Crippen LogP contribution >= 0.6 is 0 Å². The van der Waals surface area contributed by atoms with Gasteiger partial charge in [0.05, 0.1) is 12.5 Å². The molecule has 0 unspecified atom stereocenters. The van der Waals surface area contributed by atoms with Crippen molar-refractivity contribution in [1.82, 2.24) is 31.6 Å². The van der Waals surface area contributed by atoms with Crippen LogP contribution in [-0.2, 0) is 58.7 Å². The van der Waals surface area contributed by atoms with Gasteiger partial charge >= 0.3 is 17.1 Å². The second-order valence-corrected chi connectivity index (χ2v) is 14.7. The van der Waals surface area contributed by atoms with Crippen LogP contribution in [0.3, 0.4) is 0 Å². The Bertz CT molecular complexity index is 2040. The number of H-pyrrole nitrogens is 1. The normalized spacial score (nSPS) is 15.0. The van der Waals surface area contributed by atoms with Gasteiger partial charge in [0.25, 0.3) is 0 Å². The van der Waals surface area contributed by atoms with Gasteiger partial charge in [-0.25, -0.2) is 0 Å². The Balaban J connectivity index is 0.00000174. The van der Waals surface area contributed by atoms with Gasteiger partial charge < -0.3 is 60.2 Å². The van der Waals surface area contributed by atoms with E-state index in [9.17, 15) is 28.8 Å². The van der Waals surface area contributed by atoms with E-state index in [1.54, 1.807) is 62.2 Å². The molecule has 4 atom stereocenters. The molecular formula is C45H57FeN13O6+2. The molecule has 20 heteroatoms. The quantitative estimate of drug-likeness (QED) is 0.0239. The number of benzene rings is 2. The van der Waals surface area contributed by atoms with Crippen molar-refractivity contribution in [2.24, 2.45) is 38.7 Å². The number of aromatic nitrogens is 1. The van der Waals surface area contributed by atoms with Gasteiger partial charge in [-0.05, 0) is 101 Å². The smallest absolute Gasteiger partial charge is 0.370 e. The molecule has 1 aromatic heterocycles. The number of fused-ring (bicyclic) bond motifs is 1. The number of rotatable bonds is 23. The molecule has 0 spiro atoms. The number of primary amides is 1. The third-order valence-electron chi connectivity index (χ3n) is 9.74. The number of hydrogen-bond acceptors (Lipinski definition) is 8. The molecule has 16 N–H and O–H groups in total. The van der Waals surface area contributed by atoms with Gasteiger partial charge in [0, 0.05) is 43.0 Å². The van der Waals surface area contributed by atoms with E-state index in [0.717, 1.165) is 16.5 Å². The largest absolute Gasteiger partial charge is 2.00 e. The van der Waals surface area contributed by atoms with Crippen LogP contribution in [0.25, 0.3) is 10.9 Å². The maximum absolute atomic E-state index is 14.2. The molecule has 2 aliphatic carbocycles. The Labute approximate surface area is 390 Å². The summed E-state index contributed by atoms with van der Waals surface area (Å²) >= 11 is 0. The van der Waals surface area contributed by atoms with E-state index < -0.39 is 66.2 Å². The summed E-state index contributed by atoms with van der Waals surface area (Å²) < 4.78 is 0. The standard InChI is InChI=1S/C40H52N13O6.C5H5.Fe/c41-34(55)31(20-24-10-2-1-3-11-24)53-37(58)30(17-9-19-47-40(44)45)51-36(57)29(16-8-18-46-39(42)43)52-38(59)32(21-26-22-48-28-15-7-6-14-27(26)28)50-33(54)23-49-35(56)25-12-4-5-13-25;1-2-4-5-3-1;/h1-7,10-15,22,29-32,48H,8-9,16-21,23H2,(H2,41,55)(H,49,56)(H,50,54)(H,51,57)(H,52,59)(H,53,58)(H4,42,43,46)(H4,44,45,47);1-5H;/q;;+2/t29-,30-,31-,32-;;/m0../s1. The number of amides is 6. The number of para-hydroxylation sites is 1. The Hall–Kier alpha value is -6.14. The van der Waals surface area contributed by atoms with Gasteiger partial charge in [-0.2, -0.15) is 0 Å². The van der Waals surface area contributed by atoms with Crippen LogP contribution in [0.4, 0.5) is 0 Å². The number of guanidine groups is 2. The minimum absolute atomic E-state index is 0. The van der Waals surface area contributed by atoms with Crippen LogP contribution in [0.1, 0.15) is 36.8 Å². The SMILES string of the molecule is NC(=O)[C@H](Cc1ccccc1)NC(=O)[C@H](CCCN=C(N)N)NC(=O)[C@H](CCCN=C(N)N)NC(=O)[C@H](Cc1c[nH]c2ccccc12)NC(=O)CNC(=O)[C]1[CH][CH][CH][CH]1.[CH]1[CH][CH][CH][CH]1.[Fe+2]. The second-order valence-electron chi connectivity index (χ2n) is 14.7. The van der Waals surface area contributed by atoms with Gasteiger partial charge in [0.1, 0.15) is 24.2 Å². The maximum Gasteiger partial charge on any atom is 2.00 e. The Morgan fingerprint density at radius 1 is 0.585 bits per heavy atom. The van der Waals surface area contributed by atoms with Gasteiger partial charge in [-0.15, -0.1) is 0 Å². The zero-order valence-electron chi connectivity index (χ0n) is 35.7. The topological polar surface area (TPSA) is 333 Å². The number of nitrogens with two attached hydrogens (primary N) is 5. The number of hydrogen-bond donors (Lipinski definition) is 11. The molecule has 6 amide bonds. The van der Waals surface area contributed by atoms with Crippen LogP contribution in [0.2, 0.25) is 0 Å². The minimum Gasteiger partial charge on any atom is -0.370 e. The first-order chi connectivity index (χ1) is 30.8. The fourth-order valence-corrected chi connectivity index (χ4v) is 6.52. The molecular weight excluding hydrogens is 874 g/mol. The van der Waals surface area contributed by atoms with Crippen molar-refractivity contribution >= 4 is 58.3 Å². The van der Waals surface area contributed by atoms with Crippen molar-refractivity contribution in [1.29, 1.82) is 0 Å². The molecule has 3 aromatic rings. The van der Waals surface area contributed by atoms with E-state index >= 15 is 0 Å². The molecule has 65 heavy (non-hydrogen) atoms. The van der Waals surface area contributed by atoms with Crippen molar-refractivity contribution in [3.8, 4) is 0 Å². The number of aliphatic imine (C=N–C) groups is 2. The Morgan fingerprint density at radius 2 is 1.09 bits per heavy atom. The Kier molecular flexibility index (Phi) is 23.4. The van der Waals surface area contributed by atoms with Gasteiger partial charge in [-0.3, -0.25) is 38.8 Å². The van der Waals surface area contributed by atoms with Crippen molar-refractivity contribution in [2.45, 2.75) is 62.7 Å². The molecule has 10 radical (unpaired) electrons. The van der Waals surface area contributed by atoms with E-state index in [1.807, 2.05) is 56.4 Å². The third kappa shape index (κ3) is 19.2. The molecule has 344 valence electrons. The van der Waals surface area contributed by atoms with Crippen molar-refractivity contribution in [3.05, 3.63) is 136 Å². The number of nitrogens with one attached hydrogen (secondary N) is 6. The molecule has 19 nitrogen and oxygen atoms in total. The zero-order chi connectivity index (χ0) is 46.3. The zero-order valence-corrected chi connectivity index (χ0v) is 36.8. The molecule has 2 saturated carbocycles. The average molecular weight is 932 g/mol. The van der Waals surface area contributed by atoms with Crippen molar-refractivity contribution in [3.63, 3.8) is 0 Å². The summed E-state index contributed by atoms with van der Waals surface area (Å²) in [5.74, 6) is -4.05. The first-order valence-corrected chi connectivity index (χ1v) is 20.7. The summed E-state index contributed by atoms with van der Waals surface area (Å²) in [6, 6.07) is 11.5. The predicted octanol–water partition coefficient (Wildman–Crippen LogP) is -0.975. The Morgan fingerprint density at radius 3 is 1.63 bits per heavy atom. The summed E-state index contributed by atoms with van der Waals surface area (Å²) in [5, 5.41) is 14.1. The minimum atomic E-state index is -1.26. The predicted molar refractivity (Wildman–Crippen MR) is 244 cm³/mol. The fourth-order valence-electron chi connectivity index (χ4n) is 6.52. The summed E-state index contributed by atoms with van der Waals surface area (Å²) in [6.07, 6.45) is 18.9. The molecule has 5 rings (SSSR count). The molecule has 0 aliphatic heterocycles. The van der Waals surface area contributed by atoms with Gasteiger partial charge in [0.15, 0.2) is 11.9 Å². The second kappa shape index (κ2) is 28.6. The van der Waals surface area contributed by atoms with E-state index in [2.05, 4.69) is 41.6 Å². The summed E-state index contributed by atoms with van der Waals surface area (Å²) in [7, 11) is 0. The number of nitrogens with zero attached hydrogens (tertiary/aromatic N) is 2. The molecule has 2 aliphatic rings. The third-order valence-corrected chi connectivity index (χ3v) is 9.74. The molecule has 2 fully saturated rings. The molecule has 1 heterocycles. The molecule has 2 aromatic carbocycles. The van der Waals surface area contributed by atoms with Crippen molar-refractivity contribution in [2.75, 3.05) is 19.6 Å². The summed E-state index contributed by atoms with van der Waals surface area (Å²) in [6.45, 7) is -0.188. The van der Waals surface area contributed by atoms with Gasteiger partial charge in [-0.1, -0.05) is 48.5 Å². The number of carbonyl (C=O) groups excluding carboxylic acids is 6. The number of carbonyl (C=O) groups is 6. The van der Waals surface area contributed by atoms with Crippen LogP contribution in [0.5, 0.6) is 0 Å². The van der Waals surface area contributed by atoms with Crippen LogP contribution in [-0.4, -0.2) is 96.1 Å². The average Bonchev–Trinajstić information content (AvgIpc) is 4.10. The van der Waals surface area contributed by atoms with Crippen LogP contribution < -0.4 is 55.3 Å². The van der Waals surface area contributed by atoms with E-state index in [-0.39, 0.29) is 80.6 Å². The number of aromatic amines is 1. The fraction of sp³-hybridized carbons (Fsp3) is 0.289. The van der Waals surface area contributed by atoms with E-state index in [4.69, 9.17) is 28.7 Å². The summed E-state index contributed by atoms with van der Waals surface area (Å²) in [4.78, 5) is 91.3. The monoisotopic (exact) mass is 931 g/mol. The van der Waals surface area contributed by atoms with Crippen LogP contribution in [0.15, 0.2) is 70.8 Å². The first-order valence-electron chi connectivity index (χ1n) is 20.7. The first kappa shape index (κ1) is 53.2. The van der Waals surface area contributed by atoms with E-state index in [0.29, 0.717) is 11.5 Å². The summed E-state index contributed by atoms with van der Waals surface area (Å²) in [5.41, 5.74) is 29.9. The van der Waals surface area contributed by atoms with Gasteiger partial charge in [0.2, 0.25) is 35.4 Å². The van der Waals surface area contributed by atoms with Crippen LogP contribution in [0, 0.1) is 63.7 Å². The maximum atomic E-state index is 14.2. The molecule has 0 saturated heterocycles.